The van der Waals surface area contributed by atoms with Crippen LogP contribution < -0.4 is 4.90 Å². The third kappa shape index (κ3) is 4.24. The van der Waals surface area contributed by atoms with Gasteiger partial charge in [0.1, 0.15) is 5.82 Å². The van der Waals surface area contributed by atoms with Gasteiger partial charge in [-0.05, 0) is 42.7 Å². The van der Waals surface area contributed by atoms with Crippen LogP contribution in [0.15, 0.2) is 88.8 Å². The number of benzene rings is 3. The van der Waals surface area contributed by atoms with E-state index in [1.54, 1.807) is 28.8 Å². The van der Waals surface area contributed by atoms with Crippen molar-refractivity contribution < 1.29 is 9.18 Å². The monoisotopic (exact) mass is 490 g/mol. The Labute approximate surface area is 205 Å². The second kappa shape index (κ2) is 9.17. The van der Waals surface area contributed by atoms with E-state index in [1.807, 2.05) is 77.7 Å². The zero-order chi connectivity index (χ0) is 22.9. The summed E-state index contributed by atoms with van der Waals surface area (Å²) < 4.78 is 16.8. The molecule has 5 rings (SSSR count). The van der Waals surface area contributed by atoms with Gasteiger partial charge in [-0.2, -0.15) is 0 Å². The molecule has 0 bridgehead atoms. The van der Waals surface area contributed by atoms with E-state index in [0.717, 1.165) is 27.0 Å². The van der Waals surface area contributed by atoms with Crippen molar-refractivity contribution in [2.75, 3.05) is 11.2 Å². The van der Waals surface area contributed by atoms with Crippen molar-refractivity contribution in [1.82, 2.24) is 4.57 Å². The molecule has 164 valence electrons. The maximum absolute atomic E-state index is 14.3. The molecule has 0 unspecified atom stereocenters. The fraction of sp³-hybridized carbons (Fsp3) is 0.0769. The number of fused-ring (bicyclic) bond motifs is 1. The number of carbonyl (C=O) groups is 1. The van der Waals surface area contributed by atoms with Gasteiger partial charge in [-0.25, -0.2) is 4.39 Å². The molecule has 0 atom stereocenters. The van der Waals surface area contributed by atoms with Crippen LogP contribution >= 0.6 is 35.7 Å². The highest BCUT2D eigenvalue weighted by molar-refractivity contribution is 8.27. The number of rotatable bonds is 5. The summed E-state index contributed by atoms with van der Waals surface area (Å²) in [5.41, 5.74) is 3.27. The molecule has 1 aliphatic heterocycles. The van der Waals surface area contributed by atoms with Crippen LogP contribution in [0.1, 0.15) is 11.1 Å². The molecule has 33 heavy (non-hydrogen) atoms. The van der Waals surface area contributed by atoms with Crippen molar-refractivity contribution in [3.8, 4) is 0 Å². The van der Waals surface area contributed by atoms with E-state index < -0.39 is 0 Å². The maximum Gasteiger partial charge on any atom is 0.270 e. The van der Waals surface area contributed by atoms with Crippen LogP contribution in [0.5, 0.6) is 0 Å². The molecular formula is C26H19FN2OS3. The Morgan fingerprint density at radius 1 is 1.06 bits per heavy atom. The molecule has 1 amide bonds. The molecule has 0 saturated carbocycles. The van der Waals surface area contributed by atoms with Gasteiger partial charge in [-0.15, -0.1) is 11.8 Å². The van der Waals surface area contributed by atoms with E-state index in [9.17, 15) is 9.18 Å². The van der Waals surface area contributed by atoms with Crippen LogP contribution in [-0.2, 0) is 11.3 Å². The molecule has 2 heterocycles. The van der Waals surface area contributed by atoms with E-state index in [2.05, 4.69) is 0 Å². The van der Waals surface area contributed by atoms with Crippen LogP contribution in [0.3, 0.4) is 0 Å². The standard InChI is InChI=1S/C26H19FN2OS3/c1-32-20-9-6-8-19(14-20)29-25(30)24(33-26(29)31)13-18-16-28(23-12-5-3-10-21(18)23)15-17-7-2-4-11-22(17)27/h2-14,16H,15H2,1H3/b24-13-. The van der Waals surface area contributed by atoms with Crippen molar-refractivity contribution in [2.24, 2.45) is 0 Å². The van der Waals surface area contributed by atoms with E-state index in [1.165, 1.54) is 17.8 Å². The minimum absolute atomic E-state index is 0.130. The van der Waals surface area contributed by atoms with Crippen molar-refractivity contribution in [1.29, 1.82) is 0 Å². The fourth-order valence-corrected chi connectivity index (χ4v) is 5.66. The smallest absolute Gasteiger partial charge is 0.270 e. The fourth-order valence-electron chi connectivity index (χ4n) is 3.91. The summed E-state index contributed by atoms with van der Waals surface area (Å²) in [5, 5.41) is 1.00. The van der Waals surface area contributed by atoms with E-state index in [4.69, 9.17) is 12.2 Å². The maximum atomic E-state index is 14.3. The molecule has 3 aromatic carbocycles. The number of hydrogen-bond acceptors (Lipinski definition) is 4. The van der Waals surface area contributed by atoms with Crippen LogP contribution in [0.25, 0.3) is 17.0 Å². The second-order valence-corrected chi connectivity index (χ2v) is 10.1. The first kappa shape index (κ1) is 21.9. The number of halogens is 1. The summed E-state index contributed by atoms with van der Waals surface area (Å²) in [6, 6.07) is 22.5. The molecular weight excluding hydrogens is 471 g/mol. The van der Waals surface area contributed by atoms with E-state index in [-0.39, 0.29) is 11.7 Å². The largest absolute Gasteiger partial charge is 0.342 e. The molecule has 0 N–H and O–H groups in total. The number of carbonyl (C=O) groups excluding carboxylic acids is 1. The molecule has 1 fully saturated rings. The van der Waals surface area contributed by atoms with Gasteiger partial charge in [0.2, 0.25) is 0 Å². The van der Waals surface area contributed by atoms with Gasteiger partial charge in [0, 0.05) is 33.1 Å². The topological polar surface area (TPSA) is 25.2 Å². The average molecular weight is 491 g/mol. The van der Waals surface area contributed by atoms with Crippen molar-refractivity contribution in [3.63, 3.8) is 0 Å². The number of thiocarbonyl (C=S) groups is 1. The summed E-state index contributed by atoms with van der Waals surface area (Å²) in [7, 11) is 0. The number of anilines is 1. The molecule has 1 saturated heterocycles. The normalized spacial score (nSPS) is 15.2. The van der Waals surface area contributed by atoms with Gasteiger partial charge >= 0.3 is 0 Å². The summed E-state index contributed by atoms with van der Waals surface area (Å²) in [4.78, 5) is 16.5. The van der Waals surface area contributed by atoms with Gasteiger partial charge in [-0.3, -0.25) is 9.69 Å². The Bertz CT molecular complexity index is 1430. The van der Waals surface area contributed by atoms with Crippen LogP contribution in [0.4, 0.5) is 10.1 Å². The zero-order valence-corrected chi connectivity index (χ0v) is 20.1. The number of para-hydroxylation sites is 1. The lowest BCUT2D eigenvalue weighted by Crippen LogP contribution is -2.27. The third-order valence-electron chi connectivity index (χ3n) is 5.51. The summed E-state index contributed by atoms with van der Waals surface area (Å²) in [6.07, 6.45) is 5.86. The first-order valence-electron chi connectivity index (χ1n) is 10.3. The number of hydrogen-bond donors (Lipinski definition) is 0. The Hall–Kier alpha value is -2.87. The second-order valence-electron chi connectivity index (χ2n) is 7.54. The van der Waals surface area contributed by atoms with Crippen molar-refractivity contribution in [3.05, 3.63) is 101 Å². The predicted molar refractivity (Wildman–Crippen MR) is 141 cm³/mol. The lowest BCUT2D eigenvalue weighted by Gasteiger charge is -2.15. The van der Waals surface area contributed by atoms with Crippen molar-refractivity contribution >= 4 is 68.6 Å². The Morgan fingerprint density at radius 2 is 1.85 bits per heavy atom. The van der Waals surface area contributed by atoms with Gasteiger partial charge in [0.25, 0.3) is 5.91 Å². The summed E-state index contributed by atoms with van der Waals surface area (Å²) >= 11 is 8.47. The van der Waals surface area contributed by atoms with Crippen LogP contribution in [0.2, 0.25) is 0 Å². The quantitative estimate of drug-likeness (QED) is 0.172. The lowest BCUT2D eigenvalue weighted by atomic mass is 10.1. The first-order valence-corrected chi connectivity index (χ1v) is 12.7. The van der Waals surface area contributed by atoms with Gasteiger partial charge < -0.3 is 4.57 Å². The molecule has 3 nitrogen and oxygen atoms in total. The minimum atomic E-state index is -0.231. The van der Waals surface area contributed by atoms with Gasteiger partial charge in [0.15, 0.2) is 4.32 Å². The summed E-state index contributed by atoms with van der Waals surface area (Å²) in [5.74, 6) is -0.362. The lowest BCUT2D eigenvalue weighted by molar-refractivity contribution is -0.113. The average Bonchev–Trinajstić information content (AvgIpc) is 3.31. The highest BCUT2D eigenvalue weighted by Crippen LogP contribution is 2.38. The molecule has 0 radical (unpaired) electrons. The minimum Gasteiger partial charge on any atom is -0.342 e. The highest BCUT2D eigenvalue weighted by Gasteiger charge is 2.33. The molecule has 0 spiro atoms. The Kier molecular flexibility index (Phi) is 6.10. The first-order chi connectivity index (χ1) is 16.0. The number of thioether (sulfide) groups is 2. The van der Waals surface area contributed by atoms with Crippen molar-refractivity contribution in [2.45, 2.75) is 11.4 Å². The van der Waals surface area contributed by atoms with Crippen LogP contribution in [-0.4, -0.2) is 21.1 Å². The van der Waals surface area contributed by atoms with E-state index in [0.29, 0.717) is 21.3 Å². The summed E-state index contributed by atoms with van der Waals surface area (Å²) in [6.45, 7) is 0.406. The van der Waals surface area contributed by atoms with Gasteiger partial charge in [-0.1, -0.05) is 66.4 Å². The third-order valence-corrected chi connectivity index (χ3v) is 7.54. The number of amides is 1. The number of aromatic nitrogens is 1. The predicted octanol–water partition coefficient (Wildman–Crippen LogP) is 6.96. The van der Waals surface area contributed by atoms with E-state index >= 15 is 0 Å². The number of nitrogens with zero attached hydrogens (tertiary/aromatic N) is 2. The zero-order valence-electron chi connectivity index (χ0n) is 17.7. The Balaban J connectivity index is 1.52. The Morgan fingerprint density at radius 3 is 2.67 bits per heavy atom. The molecule has 4 aromatic rings. The molecule has 7 heteroatoms. The van der Waals surface area contributed by atoms with Gasteiger partial charge in [0.05, 0.1) is 17.1 Å². The highest BCUT2D eigenvalue weighted by atomic mass is 32.2. The molecule has 1 aliphatic rings. The molecule has 1 aromatic heterocycles. The molecule has 0 aliphatic carbocycles. The SMILES string of the molecule is CSc1cccc(N2C(=O)/C(=C/c3cn(Cc4ccccc4F)c4ccccc34)SC2=S)c1. The van der Waals surface area contributed by atoms with Crippen LogP contribution in [0, 0.1) is 5.82 Å².